The molecule has 0 aliphatic carbocycles. The third kappa shape index (κ3) is 6.18. The van der Waals surface area contributed by atoms with Gasteiger partial charge in [-0.15, -0.1) is 0 Å². The van der Waals surface area contributed by atoms with E-state index in [0.29, 0.717) is 18.2 Å². The number of rotatable bonds is 8. The van der Waals surface area contributed by atoms with E-state index in [1.807, 2.05) is 12.1 Å². The maximum absolute atomic E-state index is 10.1. The Morgan fingerprint density at radius 1 is 1.15 bits per heavy atom. The zero-order valence-electron chi connectivity index (χ0n) is 12.8. The minimum atomic E-state index is -0.518. The third-order valence-corrected chi connectivity index (χ3v) is 3.50. The van der Waals surface area contributed by atoms with Gasteiger partial charge in [0, 0.05) is 12.6 Å². The van der Waals surface area contributed by atoms with Crippen molar-refractivity contribution in [3.05, 3.63) is 35.4 Å². The van der Waals surface area contributed by atoms with Gasteiger partial charge < -0.3 is 10.4 Å². The van der Waals surface area contributed by atoms with E-state index in [9.17, 15) is 5.11 Å². The van der Waals surface area contributed by atoms with Crippen LogP contribution in [0.25, 0.3) is 0 Å². The fourth-order valence-corrected chi connectivity index (χ4v) is 2.14. The van der Waals surface area contributed by atoms with E-state index >= 15 is 0 Å². The van der Waals surface area contributed by atoms with E-state index in [2.05, 4.69) is 32.2 Å². The summed E-state index contributed by atoms with van der Waals surface area (Å²) in [5, 5.41) is 22.2. The van der Waals surface area contributed by atoms with Crippen molar-refractivity contribution >= 4 is 0 Å². The SMILES string of the molecule is CC(C)CCCC(C)NCC(O)c1ccc(C#N)cc1. The summed E-state index contributed by atoms with van der Waals surface area (Å²) in [5.74, 6) is 0.756. The van der Waals surface area contributed by atoms with Crippen LogP contribution in [0.4, 0.5) is 0 Å². The molecule has 1 aromatic carbocycles. The maximum atomic E-state index is 10.1. The fraction of sp³-hybridized carbons (Fsp3) is 0.588. The van der Waals surface area contributed by atoms with Gasteiger partial charge in [-0.3, -0.25) is 0 Å². The van der Waals surface area contributed by atoms with Crippen molar-refractivity contribution in [2.75, 3.05) is 6.54 Å². The van der Waals surface area contributed by atoms with E-state index in [4.69, 9.17) is 5.26 Å². The van der Waals surface area contributed by atoms with E-state index in [-0.39, 0.29) is 0 Å². The van der Waals surface area contributed by atoms with Crippen LogP contribution in [0.3, 0.4) is 0 Å². The highest BCUT2D eigenvalue weighted by Crippen LogP contribution is 2.14. The average molecular weight is 274 g/mol. The number of nitriles is 1. The van der Waals surface area contributed by atoms with Crippen LogP contribution in [0, 0.1) is 17.2 Å². The van der Waals surface area contributed by atoms with Crippen LogP contribution < -0.4 is 5.32 Å². The van der Waals surface area contributed by atoms with Gasteiger partial charge >= 0.3 is 0 Å². The molecule has 2 N–H and O–H groups in total. The predicted molar refractivity (Wildman–Crippen MR) is 82.3 cm³/mol. The lowest BCUT2D eigenvalue weighted by molar-refractivity contribution is 0.169. The zero-order valence-corrected chi connectivity index (χ0v) is 12.8. The Bertz CT molecular complexity index is 420. The molecule has 20 heavy (non-hydrogen) atoms. The molecule has 1 rings (SSSR count). The molecule has 2 unspecified atom stereocenters. The van der Waals surface area contributed by atoms with Crippen LogP contribution in [0.5, 0.6) is 0 Å². The van der Waals surface area contributed by atoms with Gasteiger partial charge in [-0.05, 0) is 37.0 Å². The second-order valence-electron chi connectivity index (χ2n) is 5.88. The number of nitrogens with zero attached hydrogens (tertiary/aromatic N) is 1. The topological polar surface area (TPSA) is 56.0 Å². The highest BCUT2D eigenvalue weighted by Gasteiger charge is 2.09. The Hall–Kier alpha value is -1.37. The molecule has 3 nitrogen and oxygen atoms in total. The molecule has 0 spiro atoms. The van der Waals surface area contributed by atoms with Gasteiger partial charge in [0.1, 0.15) is 0 Å². The van der Waals surface area contributed by atoms with Crippen LogP contribution in [-0.4, -0.2) is 17.7 Å². The molecular weight excluding hydrogens is 248 g/mol. The van der Waals surface area contributed by atoms with Gasteiger partial charge in [-0.2, -0.15) is 5.26 Å². The molecule has 0 amide bonds. The highest BCUT2D eigenvalue weighted by molar-refractivity contribution is 5.32. The monoisotopic (exact) mass is 274 g/mol. The summed E-state index contributed by atoms with van der Waals surface area (Å²) in [6, 6.07) is 9.61. The fourth-order valence-electron chi connectivity index (χ4n) is 2.14. The van der Waals surface area contributed by atoms with Crippen LogP contribution in [0.1, 0.15) is 57.3 Å². The van der Waals surface area contributed by atoms with Gasteiger partial charge in [0.25, 0.3) is 0 Å². The summed E-state index contributed by atoms with van der Waals surface area (Å²) in [6.07, 6.45) is 3.09. The Balaban J connectivity index is 2.31. The molecule has 0 bridgehead atoms. The summed E-state index contributed by atoms with van der Waals surface area (Å²) in [6.45, 7) is 7.19. The maximum Gasteiger partial charge on any atom is 0.0991 e. The third-order valence-electron chi connectivity index (χ3n) is 3.50. The molecule has 0 aliphatic rings. The Morgan fingerprint density at radius 2 is 1.80 bits per heavy atom. The van der Waals surface area contributed by atoms with Gasteiger partial charge in [-0.1, -0.05) is 38.8 Å². The molecule has 2 atom stereocenters. The highest BCUT2D eigenvalue weighted by atomic mass is 16.3. The number of benzene rings is 1. The minimum Gasteiger partial charge on any atom is -0.387 e. The smallest absolute Gasteiger partial charge is 0.0991 e. The standard InChI is InChI=1S/C17H26N2O/c1-13(2)5-4-6-14(3)19-12-17(20)16-9-7-15(11-18)8-10-16/h7-10,13-14,17,19-20H,4-6,12H2,1-3H3. The number of hydrogen-bond donors (Lipinski definition) is 2. The molecule has 3 heteroatoms. The molecule has 0 heterocycles. The molecule has 1 aromatic rings. The summed E-state index contributed by atoms with van der Waals surface area (Å²) in [4.78, 5) is 0. The van der Waals surface area contributed by atoms with Gasteiger partial charge in [0.05, 0.1) is 17.7 Å². The second kappa shape index (κ2) is 8.73. The summed E-state index contributed by atoms with van der Waals surface area (Å²) >= 11 is 0. The van der Waals surface area contributed by atoms with Crippen LogP contribution >= 0.6 is 0 Å². The number of aliphatic hydroxyl groups is 1. The van der Waals surface area contributed by atoms with Crippen molar-refractivity contribution in [1.29, 1.82) is 5.26 Å². The lowest BCUT2D eigenvalue weighted by atomic mass is 10.0. The minimum absolute atomic E-state index is 0.418. The second-order valence-corrected chi connectivity index (χ2v) is 5.88. The quantitative estimate of drug-likeness (QED) is 0.764. The van der Waals surface area contributed by atoms with Crippen molar-refractivity contribution < 1.29 is 5.11 Å². The first kappa shape index (κ1) is 16.7. The average Bonchev–Trinajstić information content (AvgIpc) is 2.44. The predicted octanol–water partition coefficient (Wildman–Crippen LogP) is 3.40. The molecular formula is C17H26N2O. The van der Waals surface area contributed by atoms with Crippen LogP contribution in [0.2, 0.25) is 0 Å². The van der Waals surface area contributed by atoms with E-state index < -0.39 is 6.10 Å². The first-order valence-electron chi connectivity index (χ1n) is 7.44. The molecule has 0 aliphatic heterocycles. The Morgan fingerprint density at radius 3 is 2.35 bits per heavy atom. The molecule has 110 valence electrons. The van der Waals surface area contributed by atoms with Crippen molar-refractivity contribution in [2.45, 2.75) is 52.2 Å². The number of aliphatic hydroxyl groups excluding tert-OH is 1. The Kier molecular flexibility index (Phi) is 7.28. The molecule has 0 aromatic heterocycles. The van der Waals surface area contributed by atoms with Crippen molar-refractivity contribution in [1.82, 2.24) is 5.32 Å². The number of hydrogen-bond acceptors (Lipinski definition) is 3. The van der Waals surface area contributed by atoms with Crippen LogP contribution in [-0.2, 0) is 0 Å². The largest absolute Gasteiger partial charge is 0.387 e. The normalized spacial score (nSPS) is 14.0. The van der Waals surface area contributed by atoms with Gasteiger partial charge in [0.15, 0.2) is 0 Å². The lowest BCUT2D eigenvalue weighted by Crippen LogP contribution is -2.30. The first-order chi connectivity index (χ1) is 9.52. The zero-order chi connectivity index (χ0) is 15.0. The van der Waals surface area contributed by atoms with E-state index in [1.54, 1.807) is 12.1 Å². The van der Waals surface area contributed by atoms with Crippen molar-refractivity contribution in [3.8, 4) is 6.07 Å². The molecule has 0 radical (unpaired) electrons. The van der Waals surface area contributed by atoms with Crippen LogP contribution in [0.15, 0.2) is 24.3 Å². The number of nitrogens with one attached hydrogen (secondary N) is 1. The summed E-state index contributed by atoms with van der Waals surface area (Å²) < 4.78 is 0. The molecule has 0 saturated heterocycles. The molecule has 0 saturated carbocycles. The van der Waals surface area contributed by atoms with Gasteiger partial charge in [-0.25, -0.2) is 0 Å². The first-order valence-corrected chi connectivity index (χ1v) is 7.44. The summed E-state index contributed by atoms with van der Waals surface area (Å²) in [5.41, 5.74) is 1.47. The lowest BCUT2D eigenvalue weighted by Gasteiger charge is -2.18. The van der Waals surface area contributed by atoms with E-state index in [1.165, 1.54) is 12.8 Å². The van der Waals surface area contributed by atoms with E-state index in [0.717, 1.165) is 17.9 Å². The molecule has 0 fully saturated rings. The van der Waals surface area contributed by atoms with Crippen molar-refractivity contribution in [2.24, 2.45) is 5.92 Å². The summed E-state index contributed by atoms with van der Waals surface area (Å²) in [7, 11) is 0. The Labute approximate surface area is 122 Å². The van der Waals surface area contributed by atoms with Gasteiger partial charge in [0.2, 0.25) is 0 Å². The van der Waals surface area contributed by atoms with Crippen molar-refractivity contribution in [3.63, 3.8) is 0 Å².